The van der Waals surface area contributed by atoms with Gasteiger partial charge in [-0.15, -0.1) is 0 Å². The predicted molar refractivity (Wildman–Crippen MR) is 94.8 cm³/mol. The van der Waals surface area contributed by atoms with Crippen molar-refractivity contribution >= 4 is 38.4 Å². The number of para-hydroxylation sites is 1. The molecule has 0 spiro atoms. The van der Waals surface area contributed by atoms with E-state index in [-0.39, 0.29) is 0 Å². The summed E-state index contributed by atoms with van der Waals surface area (Å²) in [5.41, 5.74) is 2.68. The molecule has 0 saturated carbocycles. The summed E-state index contributed by atoms with van der Waals surface area (Å²) in [4.78, 5) is 0. The molecule has 1 N–H and O–H groups in total. The molecule has 0 aliphatic carbocycles. The van der Waals surface area contributed by atoms with E-state index in [0.717, 1.165) is 57.7 Å². The molecule has 1 fully saturated rings. The number of nitrogens with one attached hydrogen (secondary N) is 1. The van der Waals surface area contributed by atoms with Crippen LogP contribution in [0.5, 0.6) is 5.75 Å². The van der Waals surface area contributed by atoms with Gasteiger partial charge in [0.15, 0.2) is 0 Å². The van der Waals surface area contributed by atoms with Crippen LogP contribution in [-0.4, -0.2) is 28.9 Å². The topological polar surface area (TPSA) is 51.5 Å². The van der Waals surface area contributed by atoms with Crippen LogP contribution in [0.3, 0.4) is 0 Å². The van der Waals surface area contributed by atoms with Crippen LogP contribution in [0.15, 0.2) is 40.8 Å². The molecule has 1 aliphatic rings. The van der Waals surface area contributed by atoms with Gasteiger partial charge in [0.25, 0.3) is 0 Å². The quantitative estimate of drug-likeness (QED) is 0.791. The summed E-state index contributed by atoms with van der Waals surface area (Å²) >= 11 is 0. The summed E-state index contributed by atoms with van der Waals surface area (Å²) in [7, 11) is 1.04. The van der Waals surface area contributed by atoms with E-state index < -0.39 is 10.8 Å². The first-order chi connectivity index (χ1) is 11.2. The van der Waals surface area contributed by atoms with Gasteiger partial charge in [0.05, 0.1) is 12.8 Å². The Balaban J connectivity index is 1.73. The third kappa shape index (κ3) is 2.70. The van der Waals surface area contributed by atoms with Crippen molar-refractivity contribution in [3.8, 4) is 5.75 Å². The summed E-state index contributed by atoms with van der Waals surface area (Å²) in [5.74, 6) is 2.36. The monoisotopic (exact) mass is 329 g/mol. The highest BCUT2D eigenvalue weighted by molar-refractivity contribution is 7.85. The highest BCUT2D eigenvalue weighted by Crippen LogP contribution is 2.37. The van der Waals surface area contributed by atoms with Gasteiger partial charge in [0.1, 0.15) is 16.9 Å². The fraction of sp³-hybridized carbons (Fsp3) is 0.333. The SMILES string of the molecule is COc1cc2c(cc1NC1CCS(=O)CC1)oc1ccccc12. The molecule has 0 amide bonds. The van der Waals surface area contributed by atoms with Crippen LogP contribution in [0, 0.1) is 0 Å². The third-order valence-corrected chi connectivity index (χ3v) is 5.83. The molecule has 1 aliphatic heterocycles. The molecule has 120 valence electrons. The maximum absolute atomic E-state index is 11.5. The number of furan rings is 1. The van der Waals surface area contributed by atoms with E-state index in [1.54, 1.807) is 7.11 Å². The lowest BCUT2D eigenvalue weighted by atomic mass is 10.1. The van der Waals surface area contributed by atoms with Crippen LogP contribution in [0.2, 0.25) is 0 Å². The van der Waals surface area contributed by atoms with Crippen LogP contribution in [0.4, 0.5) is 5.69 Å². The molecule has 0 radical (unpaired) electrons. The van der Waals surface area contributed by atoms with E-state index in [9.17, 15) is 4.21 Å². The van der Waals surface area contributed by atoms with Crippen molar-refractivity contribution in [1.29, 1.82) is 0 Å². The first kappa shape index (κ1) is 14.6. The highest BCUT2D eigenvalue weighted by atomic mass is 32.2. The Morgan fingerprint density at radius 1 is 1.13 bits per heavy atom. The summed E-state index contributed by atoms with van der Waals surface area (Å²) in [6.45, 7) is 0. The smallest absolute Gasteiger partial charge is 0.142 e. The van der Waals surface area contributed by atoms with Crippen LogP contribution in [0.25, 0.3) is 21.9 Å². The minimum atomic E-state index is -0.649. The third-order valence-electron chi connectivity index (χ3n) is 4.45. The first-order valence-corrected chi connectivity index (χ1v) is 9.34. The average Bonchev–Trinajstić information content (AvgIpc) is 2.93. The second-order valence-electron chi connectivity index (χ2n) is 5.91. The molecule has 0 bridgehead atoms. The van der Waals surface area contributed by atoms with Crippen molar-refractivity contribution in [3.63, 3.8) is 0 Å². The summed E-state index contributed by atoms with van der Waals surface area (Å²) in [6.07, 6.45) is 1.85. The number of hydrogen-bond donors (Lipinski definition) is 1. The van der Waals surface area contributed by atoms with Crippen molar-refractivity contribution in [1.82, 2.24) is 0 Å². The van der Waals surface area contributed by atoms with Gasteiger partial charge in [-0.2, -0.15) is 0 Å². The highest BCUT2D eigenvalue weighted by Gasteiger charge is 2.20. The van der Waals surface area contributed by atoms with Crippen LogP contribution < -0.4 is 10.1 Å². The Labute approximate surface area is 137 Å². The minimum absolute atomic E-state index is 0.337. The zero-order chi connectivity index (χ0) is 15.8. The largest absolute Gasteiger partial charge is 0.495 e. The first-order valence-electron chi connectivity index (χ1n) is 7.85. The van der Waals surface area contributed by atoms with Gasteiger partial charge in [-0.25, -0.2) is 0 Å². The molecule has 2 heterocycles. The lowest BCUT2D eigenvalue weighted by Gasteiger charge is -2.24. The Kier molecular flexibility index (Phi) is 3.73. The average molecular weight is 329 g/mol. The summed E-state index contributed by atoms with van der Waals surface area (Å²) in [5, 5.41) is 5.70. The van der Waals surface area contributed by atoms with E-state index in [1.165, 1.54) is 0 Å². The summed E-state index contributed by atoms with van der Waals surface area (Å²) < 4.78 is 23.0. The predicted octanol–water partition coefficient (Wildman–Crippen LogP) is 3.92. The van der Waals surface area contributed by atoms with Gasteiger partial charge < -0.3 is 14.5 Å². The van der Waals surface area contributed by atoms with Gasteiger partial charge in [0.2, 0.25) is 0 Å². The number of ether oxygens (including phenoxy) is 1. The Hall–Kier alpha value is -2.01. The normalized spacial score (nSPS) is 21.6. The van der Waals surface area contributed by atoms with Crippen molar-refractivity contribution in [2.75, 3.05) is 23.9 Å². The Bertz CT molecular complexity index is 876. The van der Waals surface area contributed by atoms with E-state index >= 15 is 0 Å². The molecule has 5 heteroatoms. The molecule has 1 saturated heterocycles. The lowest BCUT2D eigenvalue weighted by molar-refractivity contribution is 0.416. The van der Waals surface area contributed by atoms with Gasteiger partial charge in [-0.1, -0.05) is 18.2 Å². The van der Waals surface area contributed by atoms with Gasteiger partial charge in [-0.05, 0) is 25.0 Å². The van der Waals surface area contributed by atoms with Crippen molar-refractivity contribution < 1.29 is 13.4 Å². The minimum Gasteiger partial charge on any atom is -0.495 e. The van der Waals surface area contributed by atoms with Gasteiger partial charge in [0, 0.05) is 45.2 Å². The zero-order valence-electron chi connectivity index (χ0n) is 13.0. The van der Waals surface area contributed by atoms with Crippen LogP contribution >= 0.6 is 0 Å². The van der Waals surface area contributed by atoms with Gasteiger partial charge in [-0.3, -0.25) is 4.21 Å². The Morgan fingerprint density at radius 2 is 1.91 bits per heavy atom. The van der Waals surface area contributed by atoms with Gasteiger partial charge >= 0.3 is 0 Å². The number of rotatable bonds is 3. The van der Waals surface area contributed by atoms with Crippen LogP contribution in [-0.2, 0) is 10.8 Å². The van der Waals surface area contributed by atoms with E-state index in [2.05, 4.69) is 11.4 Å². The van der Waals surface area contributed by atoms with Crippen molar-refractivity contribution in [2.45, 2.75) is 18.9 Å². The molecule has 4 nitrogen and oxygen atoms in total. The fourth-order valence-electron chi connectivity index (χ4n) is 3.19. The molecule has 0 unspecified atom stereocenters. The molecule has 0 atom stereocenters. The summed E-state index contributed by atoms with van der Waals surface area (Å²) in [6, 6.07) is 12.4. The molecule has 4 rings (SSSR count). The second-order valence-corrected chi connectivity index (χ2v) is 7.61. The lowest BCUT2D eigenvalue weighted by Crippen LogP contribution is -2.29. The Morgan fingerprint density at radius 3 is 2.70 bits per heavy atom. The standard InChI is InChI=1S/C18H19NO3S/c1-21-18-10-14-13-4-2-3-5-16(13)22-17(14)11-15(18)19-12-6-8-23(20)9-7-12/h2-5,10-12,19H,6-9H2,1H3. The number of fused-ring (bicyclic) bond motifs is 3. The second kappa shape index (κ2) is 5.89. The molecular formula is C18H19NO3S. The molecule has 1 aromatic heterocycles. The number of benzene rings is 2. The maximum atomic E-state index is 11.5. The van der Waals surface area contributed by atoms with E-state index in [4.69, 9.17) is 9.15 Å². The molecule has 3 aromatic rings. The molecular weight excluding hydrogens is 310 g/mol. The number of anilines is 1. The van der Waals surface area contributed by atoms with Crippen molar-refractivity contribution in [2.24, 2.45) is 0 Å². The van der Waals surface area contributed by atoms with Crippen molar-refractivity contribution in [3.05, 3.63) is 36.4 Å². The number of methoxy groups -OCH3 is 1. The fourth-order valence-corrected chi connectivity index (χ4v) is 4.49. The van der Waals surface area contributed by atoms with E-state index in [1.807, 2.05) is 30.3 Å². The molecule has 23 heavy (non-hydrogen) atoms. The number of hydrogen-bond acceptors (Lipinski definition) is 4. The molecule has 2 aromatic carbocycles. The van der Waals surface area contributed by atoms with E-state index in [0.29, 0.717) is 6.04 Å². The maximum Gasteiger partial charge on any atom is 0.142 e. The van der Waals surface area contributed by atoms with Crippen LogP contribution in [0.1, 0.15) is 12.8 Å². The zero-order valence-corrected chi connectivity index (χ0v) is 13.8.